The number of fused-ring (bicyclic) bond motifs is 1. The van der Waals surface area contributed by atoms with Crippen molar-refractivity contribution in [2.24, 2.45) is 0 Å². The maximum Gasteiger partial charge on any atom is 0.262 e. The van der Waals surface area contributed by atoms with Crippen molar-refractivity contribution in [2.75, 3.05) is 0 Å². The maximum atomic E-state index is 12.1. The molecule has 1 heterocycles. The van der Waals surface area contributed by atoms with Crippen LogP contribution < -0.4 is 5.32 Å². The van der Waals surface area contributed by atoms with E-state index in [0.29, 0.717) is 11.4 Å². The first kappa shape index (κ1) is 13.3. The molecule has 2 nitrogen and oxygen atoms in total. The lowest BCUT2D eigenvalue weighted by atomic mass is 10.0. The normalized spacial score (nSPS) is 10.7. The zero-order valence-electron chi connectivity index (χ0n) is 10.6. The summed E-state index contributed by atoms with van der Waals surface area (Å²) >= 11 is 4.82. The first-order valence-electron chi connectivity index (χ1n) is 6.23. The van der Waals surface area contributed by atoms with Gasteiger partial charge in [0, 0.05) is 11.0 Å². The highest BCUT2D eigenvalue weighted by Crippen LogP contribution is 2.23. The van der Waals surface area contributed by atoms with Crippen LogP contribution in [0.2, 0.25) is 0 Å². The van der Waals surface area contributed by atoms with Crippen LogP contribution in [0.15, 0.2) is 58.4 Å². The SMILES string of the molecule is O=C(NCc1cccc2ccccc12)c1sccc1Br. The van der Waals surface area contributed by atoms with Crippen molar-refractivity contribution < 1.29 is 4.79 Å². The highest BCUT2D eigenvalue weighted by Gasteiger charge is 2.11. The summed E-state index contributed by atoms with van der Waals surface area (Å²) in [6.07, 6.45) is 0. The van der Waals surface area contributed by atoms with E-state index in [1.165, 1.54) is 22.1 Å². The number of rotatable bonds is 3. The number of amides is 1. The fourth-order valence-electron chi connectivity index (χ4n) is 2.16. The van der Waals surface area contributed by atoms with Crippen molar-refractivity contribution in [3.8, 4) is 0 Å². The number of carbonyl (C=O) groups is 1. The van der Waals surface area contributed by atoms with Crippen LogP contribution in [0, 0.1) is 0 Å². The lowest BCUT2D eigenvalue weighted by Crippen LogP contribution is -2.22. The van der Waals surface area contributed by atoms with Gasteiger partial charge in [0.1, 0.15) is 4.88 Å². The Bertz CT molecular complexity index is 761. The second-order valence-electron chi connectivity index (χ2n) is 4.42. The van der Waals surface area contributed by atoms with Gasteiger partial charge in [0.2, 0.25) is 0 Å². The Morgan fingerprint density at radius 1 is 1.10 bits per heavy atom. The van der Waals surface area contributed by atoms with E-state index in [0.717, 1.165) is 10.0 Å². The number of halogens is 1. The predicted molar refractivity (Wildman–Crippen MR) is 87.1 cm³/mol. The van der Waals surface area contributed by atoms with Crippen LogP contribution in [0.1, 0.15) is 15.2 Å². The van der Waals surface area contributed by atoms with Gasteiger partial charge in [-0.1, -0.05) is 42.5 Å². The smallest absolute Gasteiger partial charge is 0.262 e. The van der Waals surface area contributed by atoms with Crippen LogP contribution in [0.4, 0.5) is 0 Å². The van der Waals surface area contributed by atoms with Crippen LogP contribution in [-0.4, -0.2) is 5.91 Å². The summed E-state index contributed by atoms with van der Waals surface area (Å²) in [7, 11) is 0. The monoisotopic (exact) mass is 345 g/mol. The van der Waals surface area contributed by atoms with Crippen LogP contribution in [0.3, 0.4) is 0 Å². The van der Waals surface area contributed by atoms with Gasteiger partial charge >= 0.3 is 0 Å². The molecule has 2 aromatic carbocycles. The molecule has 0 radical (unpaired) electrons. The van der Waals surface area contributed by atoms with Crippen molar-refractivity contribution >= 4 is 43.9 Å². The first-order valence-corrected chi connectivity index (χ1v) is 7.91. The van der Waals surface area contributed by atoms with Crippen molar-refractivity contribution in [1.82, 2.24) is 5.32 Å². The molecule has 1 amide bonds. The van der Waals surface area contributed by atoms with Crippen LogP contribution >= 0.6 is 27.3 Å². The third-order valence-corrected chi connectivity index (χ3v) is 4.98. The molecule has 3 aromatic rings. The van der Waals surface area contributed by atoms with E-state index >= 15 is 0 Å². The number of carbonyl (C=O) groups excluding carboxylic acids is 1. The molecule has 20 heavy (non-hydrogen) atoms. The summed E-state index contributed by atoms with van der Waals surface area (Å²) in [5, 5.41) is 7.25. The molecule has 0 saturated heterocycles. The number of hydrogen-bond donors (Lipinski definition) is 1. The molecule has 0 unspecified atom stereocenters. The second kappa shape index (κ2) is 5.77. The number of hydrogen-bond acceptors (Lipinski definition) is 2. The van der Waals surface area contributed by atoms with E-state index in [9.17, 15) is 4.79 Å². The molecule has 0 atom stereocenters. The van der Waals surface area contributed by atoms with Gasteiger partial charge in [0.05, 0.1) is 0 Å². The van der Waals surface area contributed by atoms with Gasteiger partial charge in [-0.2, -0.15) is 0 Å². The standard InChI is InChI=1S/C16H12BrNOS/c17-14-8-9-20-15(14)16(19)18-10-12-6-3-5-11-4-1-2-7-13(11)12/h1-9H,10H2,(H,18,19). The van der Waals surface area contributed by atoms with E-state index in [2.05, 4.69) is 39.4 Å². The molecule has 1 aromatic heterocycles. The fourth-order valence-corrected chi connectivity index (χ4v) is 3.63. The third kappa shape index (κ3) is 2.62. The van der Waals surface area contributed by atoms with E-state index in [4.69, 9.17) is 0 Å². The molecule has 0 aliphatic carbocycles. The Hall–Kier alpha value is -1.65. The van der Waals surface area contributed by atoms with Gasteiger partial charge in [0.25, 0.3) is 5.91 Å². The lowest BCUT2D eigenvalue weighted by Gasteiger charge is -2.08. The van der Waals surface area contributed by atoms with Gasteiger partial charge in [-0.05, 0) is 43.7 Å². The second-order valence-corrected chi connectivity index (χ2v) is 6.19. The Morgan fingerprint density at radius 3 is 2.70 bits per heavy atom. The summed E-state index contributed by atoms with van der Waals surface area (Å²) in [5.41, 5.74) is 1.13. The van der Waals surface area contributed by atoms with Crippen molar-refractivity contribution in [2.45, 2.75) is 6.54 Å². The van der Waals surface area contributed by atoms with Gasteiger partial charge in [-0.25, -0.2) is 0 Å². The molecule has 100 valence electrons. The van der Waals surface area contributed by atoms with Crippen molar-refractivity contribution in [3.05, 3.63) is 68.8 Å². The fraction of sp³-hybridized carbons (Fsp3) is 0.0625. The van der Waals surface area contributed by atoms with Gasteiger partial charge in [-0.15, -0.1) is 11.3 Å². The minimum absolute atomic E-state index is 0.0418. The van der Waals surface area contributed by atoms with E-state index in [1.54, 1.807) is 0 Å². The summed E-state index contributed by atoms with van der Waals surface area (Å²) in [5.74, 6) is -0.0418. The quantitative estimate of drug-likeness (QED) is 0.738. The van der Waals surface area contributed by atoms with Crippen LogP contribution in [0.25, 0.3) is 10.8 Å². The Morgan fingerprint density at radius 2 is 1.90 bits per heavy atom. The molecule has 0 fully saturated rings. The molecular formula is C16H12BrNOS. The van der Waals surface area contributed by atoms with E-state index in [1.807, 2.05) is 35.7 Å². The highest BCUT2D eigenvalue weighted by atomic mass is 79.9. The summed E-state index contributed by atoms with van der Waals surface area (Å²) in [4.78, 5) is 12.8. The largest absolute Gasteiger partial charge is 0.347 e. The molecule has 1 N–H and O–H groups in total. The topological polar surface area (TPSA) is 29.1 Å². The molecule has 3 rings (SSSR count). The van der Waals surface area contributed by atoms with E-state index in [-0.39, 0.29) is 5.91 Å². The maximum absolute atomic E-state index is 12.1. The predicted octanol–water partition coefficient (Wildman–Crippen LogP) is 4.59. The molecule has 0 saturated carbocycles. The number of nitrogens with one attached hydrogen (secondary N) is 1. The Kier molecular flexibility index (Phi) is 3.85. The first-order chi connectivity index (χ1) is 9.75. The minimum atomic E-state index is -0.0418. The number of benzene rings is 2. The summed E-state index contributed by atoms with van der Waals surface area (Å²) in [6, 6.07) is 16.2. The molecule has 0 bridgehead atoms. The molecule has 0 aliphatic rings. The molecule has 0 aliphatic heterocycles. The van der Waals surface area contributed by atoms with Gasteiger partial charge in [0.15, 0.2) is 0 Å². The van der Waals surface area contributed by atoms with E-state index < -0.39 is 0 Å². The minimum Gasteiger partial charge on any atom is -0.347 e. The third-order valence-electron chi connectivity index (χ3n) is 3.14. The highest BCUT2D eigenvalue weighted by molar-refractivity contribution is 9.10. The van der Waals surface area contributed by atoms with Crippen LogP contribution in [-0.2, 0) is 6.54 Å². The van der Waals surface area contributed by atoms with Crippen molar-refractivity contribution in [1.29, 1.82) is 0 Å². The average molecular weight is 346 g/mol. The lowest BCUT2D eigenvalue weighted by molar-refractivity contribution is 0.0954. The molecular weight excluding hydrogens is 334 g/mol. The average Bonchev–Trinajstić information content (AvgIpc) is 2.91. The summed E-state index contributed by atoms with van der Waals surface area (Å²) < 4.78 is 0.845. The number of thiophene rings is 1. The van der Waals surface area contributed by atoms with Gasteiger partial charge < -0.3 is 5.32 Å². The van der Waals surface area contributed by atoms with Crippen molar-refractivity contribution in [3.63, 3.8) is 0 Å². The molecule has 0 spiro atoms. The zero-order valence-corrected chi connectivity index (χ0v) is 13.0. The van der Waals surface area contributed by atoms with Gasteiger partial charge in [-0.3, -0.25) is 4.79 Å². The Balaban J connectivity index is 1.81. The summed E-state index contributed by atoms with van der Waals surface area (Å²) in [6.45, 7) is 0.532. The molecule has 4 heteroatoms. The Labute approximate surface area is 129 Å². The van der Waals surface area contributed by atoms with Crippen LogP contribution in [0.5, 0.6) is 0 Å². The zero-order chi connectivity index (χ0) is 13.9.